The predicted octanol–water partition coefficient (Wildman–Crippen LogP) is 3.46. The minimum absolute atomic E-state index is 0.273. The monoisotopic (exact) mass is 472 g/mol. The zero-order valence-electron chi connectivity index (χ0n) is 19.0. The molecular weight excluding hydrogens is 428 g/mol. The van der Waals surface area contributed by atoms with E-state index < -0.39 is 35.2 Å². The molecule has 0 bridgehead atoms. The summed E-state index contributed by atoms with van der Waals surface area (Å²) in [7, 11) is -4.67. The summed E-state index contributed by atoms with van der Waals surface area (Å²) in [6.45, 7) is 1.52. The molecule has 0 aliphatic heterocycles. The maximum Gasteiger partial charge on any atom is 0.394 e. The van der Waals surface area contributed by atoms with Crippen molar-refractivity contribution in [2.75, 3.05) is 13.2 Å². The number of unbranched alkanes of at least 4 members (excludes halogenated alkanes) is 13. The number of carbonyl (C=O) groups excluding carboxylic acids is 1. The van der Waals surface area contributed by atoms with Gasteiger partial charge in [-0.1, -0.05) is 96.8 Å². The van der Waals surface area contributed by atoms with Crippen molar-refractivity contribution in [3.63, 3.8) is 0 Å². The van der Waals surface area contributed by atoms with Gasteiger partial charge in [0.15, 0.2) is 6.10 Å². The van der Waals surface area contributed by atoms with Gasteiger partial charge >= 0.3 is 16.4 Å². The Morgan fingerprint density at radius 1 is 0.774 bits per heavy atom. The Balaban J connectivity index is 0. The second-order valence-corrected chi connectivity index (χ2v) is 8.71. The largest absolute Gasteiger partial charge is 0.461 e. The molecule has 0 aromatic rings. The van der Waals surface area contributed by atoms with E-state index >= 15 is 0 Å². The van der Waals surface area contributed by atoms with Crippen LogP contribution in [0.5, 0.6) is 0 Å². The number of esters is 1. The molecular formula is C21H44O9S. The molecule has 0 spiro atoms. The van der Waals surface area contributed by atoms with E-state index in [1.807, 2.05) is 0 Å². The average molecular weight is 473 g/mol. The average Bonchev–Trinajstić information content (AvgIpc) is 2.70. The molecule has 2 atom stereocenters. The summed E-state index contributed by atoms with van der Waals surface area (Å²) in [4.78, 5) is 11.5. The lowest BCUT2D eigenvalue weighted by Gasteiger charge is -2.12. The van der Waals surface area contributed by atoms with Crippen LogP contribution in [0.1, 0.15) is 103 Å². The fourth-order valence-electron chi connectivity index (χ4n) is 2.98. The Hall–Kier alpha value is -0.780. The number of aliphatic hydroxyl groups is 3. The molecule has 0 amide bonds. The van der Waals surface area contributed by atoms with E-state index in [4.69, 9.17) is 32.5 Å². The van der Waals surface area contributed by atoms with Crippen molar-refractivity contribution in [3.8, 4) is 0 Å². The lowest BCUT2D eigenvalue weighted by molar-refractivity contribution is -0.157. The lowest BCUT2D eigenvalue weighted by atomic mass is 10.0. The fourth-order valence-corrected chi connectivity index (χ4v) is 2.98. The zero-order chi connectivity index (χ0) is 24.0. The van der Waals surface area contributed by atoms with Crippen molar-refractivity contribution in [1.29, 1.82) is 0 Å². The van der Waals surface area contributed by atoms with E-state index in [0.717, 1.165) is 19.3 Å². The number of rotatable bonds is 19. The molecule has 188 valence electrons. The highest BCUT2D eigenvalue weighted by Gasteiger charge is 2.17. The van der Waals surface area contributed by atoms with Crippen LogP contribution in [-0.2, 0) is 19.9 Å². The van der Waals surface area contributed by atoms with Crippen molar-refractivity contribution in [1.82, 2.24) is 0 Å². The third-order valence-corrected chi connectivity index (χ3v) is 4.73. The second-order valence-electron chi connectivity index (χ2n) is 7.81. The molecule has 0 rings (SSSR count). The Labute approximate surface area is 187 Å². The van der Waals surface area contributed by atoms with Crippen LogP contribution in [0.25, 0.3) is 0 Å². The van der Waals surface area contributed by atoms with Crippen molar-refractivity contribution < 1.29 is 42.4 Å². The lowest BCUT2D eigenvalue weighted by Crippen LogP contribution is -2.28. The van der Waals surface area contributed by atoms with Crippen LogP contribution in [0.15, 0.2) is 0 Å². The molecule has 0 aliphatic rings. The fraction of sp³-hybridized carbons (Fsp3) is 0.952. The summed E-state index contributed by atoms with van der Waals surface area (Å²) in [6.07, 6.45) is 15.9. The van der Waals surface area contributed by atoms with Crippen molar-refractivity contribution in [2.45, 2.75) is 115 Å². The molecule has 0 fully saturated rings. The number of aliphatic hydroxyl groups excluding tert-OH is 3. The zero-order valence-corrected chi connectivity index (χ0v) is 19.8. The second kappa shape index (κ2) is 22.4. The number of ether oxygens (including phenoxy) is 1. The molecule has 0 aromatic heterocycles. The van der Waals surface area contributed by atoms with Crippen LogP contribution < -0.4 is 0 Å². The molecule has 0 aliphatic carbocycles. The van der Waals surface area contributed by atoms with Crippen LogP contribution in [0, 0.1) is 0 Å². The number of hydrogen-bond acceptors (Lipinski definition) is 7. The highest BCUT2D eigenvalue weighted by atomic mass is 32.3. The van der Waals surface area contributed by atoms with E-state index in [1.54, 1.807) is 0 Å². The van der Waals surface area contributed by atoms with Gasteiger partial charge in [0.1, 0.15) is 12.7 Å². The van der Waals surface area contributed by atoms with Crippen LogP contribution in [0.3, 0.4) is 0 Å². The molecule has 0 aromatic carbocycles. The third kappa shape index (κ3) is 31.5. The van der Waals surface area contributed by atoms with Gasteiger partial charge in [-0.3, -0.25) is 9.11 Å². The number of carbonyl (C=O) groups is 1. The van der Waals surface area contributed by atoms with Gasteiger partial charge in [0.05, 0.1) is 6.61 Å². The van der Waals surface area contributed by atoms with E-state index in [-0.39, 0.29) is 6.61 Å². The summed E-state index contributed by atoms with van der Waals surface area (Å²) < 4.78 is 36.3. The van der Waals surface area contributed by atoms with E-state index in [2.05, 4.69) is 6.92 Å². The van der Waals surface area contributed by atoms with Gasteiger partial charge in [0, 0.05) is 0 Å². The van der Waals surface area contributed by atoms with E-state index in [0.29, 0.717) is 6.42 Å². The minimum Gasteiger partial charge on any atom is -0.461 e. The molecule has 0 heterocycles. The molecule has 31 heavy (non-hydrogen) atoms. The van der Waals surface area contributed by atoms with E-state index in [9.17, 15) is 9.90 Å². The molecule has 2 unspecified atom stereocenters. The standard InChI is InChI=1S/C21H42O5.H2O4S/c1-2-3-4-5-6-7-8-9-10-11-12-13-14-15-16-20(24)21(25)26-18-19(23)17-22;1-5(2,3)4/h19-20,22-24H,2-18H2,1H3;(H2,1,2,3,4). The first-order valence-corrected chi connectivity index (χ1v) is 12.8. The Morgan fingerprint density at radius 3 is 1.48 bits per heavy atom. The van der Waals surface area contributed by atoms with Crippen molar-refractivity contribution >= 4 is 16.4 Å². The van der Waals surface area contributed by atoms with Gasteiger partial charge in [-0.2, -0.15) is 8.42 Å². The maximum atomic E-state index is 11.5. The van der Waals surface area contributed by atoms with Gasteiger partial charge in [-0.05, 0) is 6.42 Å². The molecule has 10 heteroatoms. The third-order valence-electron chi connectivity index (χ3n) is 4.73. The normalized spacial score (nSPS) is 13.2. The Morgan fingerprint density at radius 2 is 1.13 bits per heavy atom. The summed E-state index contributed by atoms with van der Waals surface area (Å²) >= 11 is 0. The summed E-state index contributed by atoms with van der Waals surface area (Å²) in [5, 5.41) is 27.4. The van der Waals surface area contributed by atoms with Gasteiger partial charge in [0.25, 0.3) is 0 Å². The van der Waals surface area contributed by atoms with Gasteiger partial charge in [-0.25, -0.2) is 4.79 Å². The van der Waals surface area contributed by atoms with E-state index in [1.165, 1.54) is 70.6 Å². The SMILES string of the molecule is CCCCCCCCCCCCCCCCC(O)C(=O)OCC(O)CO.O=S(=O)(O)O. The quantitative estimate of drug-likeness (QED) is 0.108. The Kier molecular flexibility index (Phi) is 23.4. The Bertz CT molecular complexity index is 489. The van der Waals surface area contributed by atoms with Crippen LogP contribution >= 0.6 is 0 Å². The number of hydrogen-bond donors (Lipinski definition) is 5. The van der Waals surface area contributed by atoms with Crippen LogP contribution in [-0.4, -0.2) is 64.2 Å². The highest BCUT2D eigenvalue weighted by molar-refractivity contribution is 7.79. The minimum atomic E-state index is -4.67. The van der Waals surface area contributed by atoms with Gasteiger partial charge < -0.3 is 20.1 Å². The predicted molar refractivity (Wildman–Crippen MR) is 119 cm³/mol. The molecule has 5 N–H and O–H groups in total. The topological polar surface area (TPSA) is 162 Å². The van der Waals surface area contributed by atoms with Crippen molar-refractivity contribution in [2.24, 2.45) is 0 Å². The van der Waals surface area contributed by atoms with Crippen LogP contribution in [0.4, 0.5) is 0 Å². The molecule has 0 radical (unpaired) electrons. The van der Waals surface area contributed by atoms with Gasteiger partial charge in [-0.15, -0.1) is 0 Å². The summed E-state index contributed by atoms with van der Waals surface area (Å²) in [5.41, 5.74) is 0. The highest BCUT2D eigenvalue weighted by Crippen LogP contribution is 2.14. The first-order chi connectivity index (χ1) is 14.6. The summed E-state index contributed by atoms with van der Waals surface area (Å²) in [6, 6.07) is 0. The van der Waals surface area contributed by atoms with Crippen molar-refractivity contribution in [3.05, 3.63) is 0 Å². The maximum absolute atomic E-state index is 11.5. The smallest absolute Gasteiger partial charge is 0.394 e. The molecule has 0 saturated heterocycles. The van der Waals surface area contributed by atoms with Crippen LogP contribution in [0.2, 0.25) is 0 Å². The molecule has 0 saturated carbocycles. The van der Waals surface area contributed by atoms with Gasteiger partial charge in [0.2, 0.25) is 0 Å². The first-order valence-electron chi connectivity index (χ1n) is 11.4. The first kappa shape index (κ1) is 32.4. The summed E-state index contributed by atoms with van der Waals surface area (Å²) in [5.74, 6) is -0.716. The molecule has 9 nitrogen and oxygen atoms in total.